The monoisotopic (exact) mass is 542 g/mol. The molecular formula is C34H45F3O2. The Labute approximate surface area is 233 Å². The number of allylic oxidation sites excluding steroid dienone is 1. The lowest BCUT2D eigenvalue weighted by Crippen LogP contribution is -2.22. The number of rotatable bonds is 12. The number of halogens is 3. The van der Waals surface area contributed by atoms with Crippen LogP contribution < -0.4 is 4.74 Å². The molecule has 0 unspecified atom stereocenters. The largest absolute Gasteiger partial charge is 0.493 e. The van der Waals surface area contributed by atoms with E-state index in [2.05, 4.69) is 13.8 Å². The molecule has 2 aliphatic rings. The summed E-state index contributed by atoms with van der Waals surface area (Å²) in [5, 5.41) is 0. The van der Waals surface area contributed by atoms with E-state index in [1.807, 2.05) is 18.2 Å². The first-order valence-electron chi connectivity index (χ1n) is 15.2. The lowest BCUT2D eigenvalue weighted by atomic mass is 9.78. The third-order valence-corrected chi connectivity index (χ3v) is 8.61. The van der Waals surface area contributed by atoms with Gasteiger partial charge in [0.1, 0.15) is 11.6 Å². The number of unbranched alkanes of at least 4 members (excludes halogenated alkanes) is 2. The molecule has 2 aromatic carbocycles. The van der Waals surface area contributed by atoms with E-state index < -0.39 is 11.6 Å². The van der Waals surface area contributed by atoms with Crippen LogP contribution >= 0.6 is 0 Å². The van der Waals surface area contributed by atoms with Crippen molar-refractivity contribution in [3.63, 3.8) is 0 Å². The highest BCUT2D eigenvalue weighted by atomic mass is 19.2. The van der Waals surface area contributed by atoms with Gasteiger partial charge in [0.15, 0.2) is 11.6 Å². The Bertz CT molecular complexity index is 1070. The Balaban J connectivity index is 1.28. The molecule has 0 atom stereocenters. The topological polar surface area (TPSA) is 18.5 Å². The molecular weight excluding hydrogens is 497 g/mol. The molecule has 2 saturated carbocycles. The normalized spacial score (nSPS) is 23.8. The van der Waals surface area contributed by atoms with Gasteiger partial charge in [-0.3, -0.25) is 0 Å². The maximum Gasteiger partial charge on any atom is 0.166 e. The zero-order valence-corrected chi connectivity index (χ0v) is 23.7. The summed E-state index contributed by atoms with van der Waals surface area (Å²) in [6, 6.07) is 8.73. The van der Waals surface area contributed by atoms with Crippen LogP contribution in [-0.4, -0.2) is 19.3 Å². The fraction of sp³-hybridized carbons (Fsp3) is 0.588. The van der Waals surface area contributed by atoms with Gasteiger partial charge in [-0.2, -0.15) is 0 Å². The van der Waals surface area contributed by atoms with Gasteiger partial charge in [-0.15, -0.1) is 0 Å². The quantitative estimate of drug-likeness (QED) is 0.248. The highest BCUT2D eigenvalue weighted by Gasteiger charge is 2.27. The third-order valence-electron chi connectivity index (χ3n) is 8.61. The molecule has 214 valence electrons. The van der Waals surface area contributed by atoms with Crippen LogP contribution in [0.25, 0.3) is 6.08 Å². The molecule has 39 heavy (non-hydrogen) atoms. The first-order chi connectivity index (χ1) is 19.0. The highest BCUT2D eigenvalue weighted by molar-refractivity contribution is 5.52. The van der Waals surface area contributed by atoms with E-state index in [1.165, 1.54) is 6.07 Å². The van der Waals surface area contributed by atoms with Gasteiger partial charge in [0.2, 0.25) is 0 Å². The Morgan fingerprint density at radius 2 is 1.38 bits per heavy atom. The van der Waals surface area contributed by atoms with Crippen LogP contribution in [0.4, 0.5) is 13.2 Å². The maximum absolute atomic E-state index is 15.1. The number of benzene rings is 2. The van der Waals surface area contributed by atoms with Crippen molar-refractivity contribution >= 4 is 6.08 Å². The van der Waals surface area contributed by atoms with E-state index in [0.29, 0.717) is 23.5 Å². The first-order valence-corrected chi connectivity index (χ1v) is 15.2. The van der Waals surface area contributed by atoms with Crippen LogP contribution in [0.1, 0.15) is 119 Å². The van der Waals surface area contributed by atoms with Crippen molar-refractivity contribution < 1.29 is 22.6 Å². The average Bonchev–Trinajstić information content (AvgIpc) is 2.95. The van der Waals surface area contributed by atoms with Gasteiger partial charge in [0.25, 0.3) is 0 Å². The summed E-state index contributed by atoms with van der Waals surface area (Å²) in [7, 11) is 0. The van der Waals surface area contributed by atoms with Gasteiger partial charge in [-0.1, -0.05) is 57.0 Å². The fourth-order valence-electron chi connectivity index (χ4n) is 6.08. The SMILES string of the molecule is CCCCOc1ccc(C2CCC(/C=C/c3ccc(C4CCC(OCCCC)CC4)c(F)c3F)CC2)c(F)c1. The number of hydrogen-bond acceptors (Lipinski definition) is 2. The molecule has 2 aliphatic carbocycles. The van der Waals surface area contributed by atoms with Crippen molar-refractivity contribution in [3.05, 3.63) is 70.5 Å². The molecule has 0 aliphatic heterocycles. The highest BCUT2D eigenvalue weighted by Crippen LogP contribution is 2.39. The van der Waals surface area contributed by atoms with Crippen LogP contribution in [-0.2, 0) is 4.74 Å². The van der Waals surface area contributed by atoms with Crippen LogP contribution in [0.5, 0.6) is 5.75 Å². The zero-order chi connectivity index (χ0) is 27.6. The van der Waals surface area contributed by atoms with E-state index in [-0.39, 0.29) is 29.7 Å². The molecule has 0 spiro atoms. The Kier molecular flexibility index (Phi) is 11.4. The minimum absolute atomic E-state index is 0.0520. The van der Waals surface area contributed by atoms with Crippen molar-refractivity contribution in [1.29, 1.82) is 0 Å². The Morgan fingerprint density at radius 3 is 2.08 bits per heavy atom. The minimum atomic E-state index is -0.748. The van der Waals surface area contributed by atoms with Gasteiger partial charge >= 0.3 is 0 Å². The zero-order valence-electron chi connectivity index (χ0n) is 23.7. The van der Waals surface area contributed by atoms with Gasteiger partial charge in [0.05, 0.1) is 12.7 Å². The molecule has 0 saturated heterocycles. The Hall–Kier alpha value is -2.27. The molecule has 2 aromatic rings. The van der Waals surface area contributed by atoms with Gasteiger partial charge in [-0.05, 0) is 99.2 Å². The van der Waals surface area contributed by atoms with Crippen molar-refractivity contribution in [2.45, 2.75) is 109 Å². The molecule has 0 radical (unpaired) electrons. The first kappa shape index (κ1) is 29.7. The van der Waals surface area contributed by atoms with Crippen molar-refractivity contribution in [3.8, 4) is 5.75 Å². The summed E-state index contributed by atoms with van der Waals surface area (Å²) < 4.78 is 56.4. The summed E-state index contributed by atoms with van der Waals surface area (Å²) in [6.07, 6.45) is 15.2. The van der Waals surface area contributed by atoms with Gasteiger partial charge < -0.3 is 9.47 Å². The van der Waals surface area contributed by atoms with Crippen molar-refractivity contribution in [1.82, 2.24) is 0 Å². The Morgan fingerprint density at radius 1 is 0.744 bits per heavy atom. The van der Waals surface area contributed by atoms with Crippen LogP contribution in [0, 0.1) is 23.4 Å². The fourth-order valence-corrected chi connectivity index (χ4v) is 6.08. The lowest BCUT2D eigenvalue weighted by molar-refractivity contribution is 0.0230. The van der Waals surface area contributed by atoms with Gasteiger partial charge in [-0.25, -0.2) is 13.2 Å². The minimum Gasteiger partial charge on any atom is -0.493 e. The maximum atomic E-state index is 15.1. The average molecular weight is 543 g/mol. The molecule has 2 fully saturated rings. The second-order valence-electron chi connectivity index (χ2n) is 11.4. The summed E-state index contributed by atoms with van der Waals surface area (Å²) in [4.78, 5) is 0. The second kappa shape index (κ2) is 14.9. The molecule has 0 heterocycles. The molecule has 0 aromatic heterocycles. The predicted octanol–water partition coefficient (Wildman–Crippen LogP) is 10.1. The van der Waals surface area contributed by atoms with Crippen LogP contribution in [0.2, 0.25) is 0 Å². The summed E-state index contributed by atoms with van der Waals surface area (Å²) in [5.41, 5.74) is 1.56. The summed E-state index contributed by atoms with van der Waals surface area (Å²) >= 11 is 0. The van der Waals surface area contributed by atoms with E-state index in [9.17, 15) is 4.39 Å². The van der Waals surface area contributed by atoms with E-state index in [0.717, 1.165) is 89.2 Å². The molecule has 4 rings (SSSR count). The predicted molar refractivity (Wildman–Crippen MR) is 153 cm³/mol. The summed E-state index contributed by atoms with van der Waals surface area (Å²) in [5.74, 6) is -0.540. The van der Waals surface area contributed by atoms with Crippen molar-refractivity contribution in [2.75, 3.05) is 13.2 Å². The lowest BCUT2D eigenvalue weighted by Gasteiger charge is -2.29. The molecule has 0 N–H and O–H groups in total. The van der Waals surface area contributed by atoms with Gasteiger partial charge in [0, 0.05) is 18.2 Å². The van der Waals surface area contributed by atoms with E-state index >= 15 is 8.78 Å². The second-order valence-corrected chi connectivity index (χ2v) is 11.4. The van der Waals surface area contributed by atoms with Crippen LogP contribution in [0.3, 0.4) is 0 Å². The number of hydrogen-bond donors (Lipinski definition) is 0. The third kappa shape index (κ3) is 8.13. The number of ether oxygens (including phenoxy) is 2. The van der Waals surface area contributed by atoms with E-state index in [1.54, 1.807) is 18.2 Å². The molecule has 0 amide bonds. The smallest absolute Gasteiger partial charge is 0.166 e. The molecule has 2 nitrogen and oxygen atoms in total. The molecule has 0 bridgehead atoms. The van der Waals surface area contributed by atoms with Crippen molar-refractivity contribution in [2.24, 2.45) is 5.92 Å². The van der Waals surface area contributed by atoms with E-state index in [4.69, 9.17) is 9.47 Å². The molecule has 5 heteroatoms. The van der Waals surface area contributed by atoms with Crippen LogP contribution in [0.15, 0.2) is 36.4 Å². The standard InChI is InChI=1S/C34H45F3O2/c1-3-5-21-38-28-16-13-26(14-17-28)31-19-15-27(33(36)34(31)37)12-9-24-7-10-25(11-8-24)30-20-18-29(23-32(30)35)39-22-6-4-2/h9,12,15,18-20,23-26,28H,3-8,10-11,13-14,16-17,21-22H2,1-2H3/b12-9+. The summed E-state index contributed by atoms with van der Waals surface area (Å²) in [6.45, 7) is 5.64.